The second-order valence-corrected chi connectivity index (χ2v) is 6.80. The largest absolute Gasteiger partial charge is 0.353 e. The van der Waals surface area contributed by atoms with Crippen molar-refractivity contribution in [2.45, 2.75) is 0 Å². The van der Waals surface area contributed by atoms with Crippen LogP contribution in [0.5, 0.6) is 0 Å². The monoisotopic (exact) mass is 420 g/mol. The number of hydrogen-bond acceptors (Lipinski definition) is 1. The Morgan fingerprint density at radius 2 is 1.82 bits per heavy atom. The predicted octanol–water partition coefficient (Wildman–Crippen LogP) is 4.93. The van der Waals surface area contributed by atoms with Crippen LogP contribution in [0.25, 0.3) is 33.1 Å². The number of H-pyrrole nitrogens is 2. The fraction of sp³-hybridized carbons (Fsp3) is 0. The molecule has 0 aliphatic carbocycles. The first-order valence-electron chi connectivity index (χ1n) is 6.72. The van der Waals surface area contributed by atoms with Gasteiger partial charge in [-0.3, -0.25) is 4.79 Å². The van der Waals surface area contributed by atoms with Gasteiger partial charge in [0.15, 0.2) is 0 Å². The van der Waals surface area contributed by atoms with E-state index in [0.717, 1.165) is 36.6 Å². The highest BCUT2D eigenvalue weighted by Gasteiger charge is 2.12. The Morgan fingerprint density at radius 1 is 0.955 bits per heavy atom. The molecule has 2 heterocycles. The van der Waals surface area contributed by atoms with Gasteiger partial charge in [0.1, 0.15) is 0 Å². The number of hydrogen-bond donors (Lipinski definition) is 2. The molecule has 0 fully saturated rings. The SMILES string of the molecule is O=c1cc(-c2cccc(I)c2)c2[nH]c3ccc(Cl)cc3c2[nH]1. The number of aromatic amines is 2. The topological polar surface area (TPSA) is 48.6 Å². The van der Waals surface area contributed by atoms with Crippen molar-refractivity contribution >= 4 is 56.1 Å². The third-order valence-corrected chi connectivity index (χ3v) is 4.60. The summed E-state index contributed by atoms with van der Waals surface area (Å²) < 4.78 is 1.13. The zero-order valence-corrected chi connectivity index (χ0v) is 14.2. The van der Waals surface area contributed by atoms with Crippen LogP contribution in [0.1, 0.15) is 0 Å². The standard InChI is InChI=1S/C17H10ClIN2O/c18-10-4-5-14-13(7-10)17-16(20-14)12(8-15(22)21-17)9-2-1-3-11(19)6-9/h1-8,20H,(H,21,22). The maximum Gasteiger partial charge on any atom is 0.249 e. The van der Waals surface area contributed by atoms with Gasteiger partial charge in [0.05, 0.1) is 11.0 Å². The highest BCUT2D eigenvalue weighted by molar-refractivity contribution is 14.1. The molecule has 0 aliphatic rings. The molecule has 2 aromatic carbocycles. The number of halogens is 2. The van der Waals surface area contributed by atoms with Gasteiger partial charge in [0, 0.05) is 31.1 Å². The van der Waals surface area contributed by atoms with E-state index in [1.807, 2.05) is 36.4 Å². The Bertz CT molecular complexity index is 1080. The van der Waals surface area contributed by atoms with E-state index in [2.05, 4.69) is 38.6 Å². The lowest BCUT2D eigenvalue weighted by Crippen LogP contribution is -2.04. The molecule has 0 amide bonds. The van der Waals surface area contributed by atoms with Crippen LogP contribution >= 0.6 is 34.2 Å². The van der Waals surface area contributed by atoms with Crippen LogP contribution in [-0.4, -0.2) is 9.97 Å². The molecule has 108 valence electrons. The first-order valence-corrected chi connectivity index (χ1v) is 8.18. The number of nitrogens with one attached hydrogen (secondary N) is 2. The molecule has 2 N–H and O–H groups in total. The van der Waals surface area contributed by atoms with Crippen molar-refractivity contribution in [2.24, 2.45) is 0 Å². The van der Waals surface area contributed by atoms with Crippen molar-refractivity contribution in [3.05, 3.63) is 67.5 Å². The maximum atomic E-state index is 12.1. The highest BCUT2D eigenvalue weighted by Crippen LogP contribution is 2.32. The fourth-order valence-corrected chi connectivity index (χ4v) is 3.46. The number of rotatable bonds is 1. The van der Waals surface area contributed by atoms with Crippen LogP contribution in [-0.2, 0) is 0 Å². The zero-order chi connectivity index (χ0) is 15.3. The lowest BCUT2D eigenvalue weighted by atomic mass is 10.1. The number of aromatic nitrogens is 2. The summed E-state index contributed by atoms with van der Waals surface area (Å²) in [7, 11) is 0. The van der Waals surface area contributed by atoms with E-state index >= 15 is 0 Å². The Balaban J connectivity index is 2.15. The fourth-order valence-electron chi connectivity index (χ4n) is 2.74. The molecule has 2 aromatic heterocycles. The predicted molar refractivity (Wildman–Crippen MR) is 99.6 cm³/mol. The molecular formula is C17H10ClIN2O. The minimum atomic E-state index is -0.123. The second-order valence-electron chi connectivity index (χ2n) is 5.12. The van der Waals surface area contributed by atoms with Crippen LogP contribution in [0.4, 0.5) is 0 Å². The van der Waals surface area contributed by atoms with Crippen molar-refractivity contribution in [1.29, 1.82) is 0 Å². The summed E-state index contributed by atoms with van der Waals surface area (Å²) >= 11 is 8.36. The molecule has 0 spiro atoms. The lowest BCUT2D eigenvalue weighted by Gasteiger charge is -2.04. The molecule has 0 bridgehead atoms. The van der Waals surface area contributed by atoms with Crippen LogP contribution in [0.15, 0.2) is 53.3 Å². The van der Waals surface area contributed by atoms with Gasteiger partial charge in [-0.15, -0.1) is 0 Å². The minimum absolute atomic E-state index is 0.123. The Morgan fingerprint density at radius 3 is 2.64 bits per heavy atom. The molecule has 0 aliphatic heterocycles. The van der Waals surface area contributed by atoms with Crippen molar-refractivity contribution < 1.29 is 0 Å². The molecule has 4 aromatic rings. The quantitative estimate of drug-likeness (QED) is 0.421. The van der Waals surface area contributed by atoms with Gasteiger partial charge in [-0.05, 0) is 58.5 Å². The summed E-state index contributed by atoms with van der Waals surface area (Å²) in [5.74, 6) is 0. The molecular weight excluding hydrogens is 411 g/mol. The summed E-state index contributed by atoms with van der Waals surface area (Å²) in [5, 5.41) is 1.57. The maximum absolute atomic E-state index is 12.1. The van der Waals surface area contributed by atoms with Crippen LogP contribution in [0.3, 0.4) is 0 Å². The Kier molecular flexibility index (Phi) is 3.23. The summed E-state index contributed by atoms with van der Waals surface area (Å²) in [4.78, 5) is 18.4. The summed E-state index contributed by atoms with van der Waals surface area (Å²) in [6, 6.07) is 15.3. The van der Waals surface area contributed by atoms with Gasteiger partial charge in [0.25, 0.3) is 0 Å². The van der Waals surface area contributed by atoms with Crippen LogP contribution in [0.2, 0.25) is 5.02 Å². The first-order chi connectivity index (χ1) is 10.6. The molecule has 0 saturated heterocycles. The lowest BCUT2D eigenvalue weighted by molar-refractivity contribution is 1.31. The molecule has 4 rings (SSSR count). The Hall–Kier alpha value is -1.79. The molecule has 0 atom stereocenters. The van der Waals surface area contributed by atoms with E-state index in [1.54, 1.807) is 6.07 Å². The van der Waals surface area contributed by atoms with Gasteiger partial charge in [0.2, 0.25) is 5.56 Å². The van der Waals surface area contributed by atoms with Crippen molar-refractivity contribution in [3.63, 3.8) is 0 Å². The van der Waals surface area contributed by atoms with Crippen molar-refractivity contribution in [2.75, 3.05) is 0 Å². The Labute approximate surface area is 144 Å². The van der Waals surface area contributed by atoms with Crippen LogP contribution < -0.4 is 5.56 Å². The van der Waals surface area contributed by atoms with Gasteiger partial charge in [-0.1, -0.05) is 23.7 Å². The number of fused-ring (bicyclic) bond motifs is 3. The molecule has 5 heteroatoms. The molecule has 0 unspecified atom stereocenters. The average molecular weight is 421 g/mol. The third kappa shape index (κ3) is 2.23. The van der Waals surface area contributed by atoms with Gasteiger partial charge < -0.3 is 9.97 Å². The molecule has 0 saturated carbocycles. The van der Waals surface area contributed by atoms with E-state index in [1.165, 1.54) is 0 Å². The van der Waals surface area contributed by atoms with Gasteiger partial charge in [-0.2, -0.15) is 0 Å². The molecule has 3 nitrogen and oxygen atoms in total. The van der Waals surface area contributed by atoms with E-state index in [0.29, 0.717) is 5.02 Å². The first kappa shape index (κ1) is 13.8. The van der Waals surface area contributed by atoms with Gasteiger partial charge >= 0.3 is 0 Å². The smallest absolute Gasteiger partial charge is 0.249 e. The summed E-state index contributed by atoms with van der Waals surface area (Å²) in [6.07, 6.45) is 0. The molecule has 0 radical (unpaired) electrons. The van der Waals surface area contributed by atoms with E-state index in [4.69, 9.17) is 11.6 Å². The van der Waals surface area contributed by atoms with Crippen molar-refractivity contribution in [1.82, 2.24) is 9.97 Å². The second kappa shape index (κ2) is 5.14. The summed E-state index contributed by atoms with van der Waals surface area (Å²) in [5.41, 5.74) is 4.44. The molecule has 22 heavy (non-hydrogen) atoms. The van der Waals surface area contributed by atoms with Crippen LogP contribution in [0, 0.1) is 3.57 Å². The zero-order valence-electron chi connectivity index (χ0n) is 11.3. The average Bonchev–Trinajstić information content (AvgIpc) is 2.84. The number of pyridine rings is 1. The normalized spacial score (nSPS) is 11.4. The van der Waals surface area contributed by atoms with E-state index < -0.39 is 0 Å². The number of benzene rings is 2. The summed E-state index contributed by atoms with van der Waals surface area (Å²) in [6.45, 7) is 0. The van der Waals surface area contributed by atoms with Crippen molar-refractivity contribution in [3.8, 4) is 11.1 Å². The minimum Gasteiger partial charge on any atom is -0.353 e. The third-order valence-electron chi connectivity index (χ3n) is 3.69. The highest BCUT2D eigenvalue weighted by atomic mass is 127. The van der Waals surface area contributed by atoms with Gasteiger partial charge in [-0.25, -0.2) is 0 Å². The van der Waals surface area contributed by atoms with E-state index in [-0.39, 0.29) is 5.56 Å². The van der Waals surface area contributed by atoms with E-state index in [9.17, 15) is 4.79 Å².